The second-order valence-corrected chi connectivity index (χ2v) is 5.36. The van der Waals surface area contributed by atoms with E-state index < -0.39 is 0 Å². The molecule has 1 aromatic rings. The summed E-state index contributed by atoms with van der Waals surface area (Å²) in [6, 6.07) is 0.563. The van der Waals surface area contributed by atoms with Crippen molar-refractivity contribution < 1.29 is 0 Å². The highest BCUT2D eigenvalue weighted by molar-refractivity contribution is 7.09. The molecule has 0 spiro atoms. The molecule has 0 saturated heterocycles. The number of likely N-dealkylation sites (N-methyl/N-ethyl adjacent to an activating group) is 1. The van der Waals surface area contributed by atoms with Crippen molar-refractivity contribution in [1.82, 2.24) is 15.2 Å². The fourth-order valence-corrected chi connectivity index (χ4v) is 2.57. The van der Waals surface area contributed by atoms with Crippen molar-refractivity contribution in [3.8, 4) is 0 Å². The smallest absolute Gasteiger partial charge is 0.0794 e. The highest BCUT2D eigenvalue weighted by Crippen LogP contribution is 2.12. The zero-order valence-corrected chi connectivity index (χ0v) is 12.3. The van der Waals surface area contributed by atoms with E-state index in [1.807, 2.05) is 11.7 Å². The predicted molar refractivity (Wildman–Crippen MR) is 75.4 cm³/mol. The number of nitrogens with one attached hydrogen (secondary N) is 1. The fourth-order valence-electron chi connectivity index (χ4n) is 1.94. The first-order valence-corrected chi connectivity index (χ1v) is 7.46. The molecular formula is C13H25N3S. The molecule has 98 valence electrons. The lowest BCUT2D eigenvalue weighted by Gasteiger charge is -2.32. The lowest BCUT2D eigenvalue weighted by molar-refractivity contribution is 0.168. The molecule has 3 nitrogen and oxygen atoms in total. The van der Waals surface area contributed by atoms with E-state index in [0.717, 1.165) is 19.5 Å². The Bertz CT molecular complexity index is 283. The lowest BCUT2D eigenvalue weighted by Crippen LogP contribution is -2.50. The van der Waals surface area contributed by atoms with Crippen LogP contribution in [0.25, 0.3) is 0 Å². The number of rotatable bonds is 8. The third kappa shape index (κ3) is 4.74. The molecule has 0 aliphatic carbocycles. The fraction of sp³-hybridized carbons (Fsp3) is 0.769. The minimum absolute atomic E-state index is 0.431. The standard InChI is InChI=1S/C13H25N3S/c1-5-11(4)15-13(16(6-2)7-3)8-12-9-14-10-17-12/h9-11,13,15H,5-8H2,1-4H3. The Hall–Kier alpha value is -0.450. The molecule has 2 atom stereocenters. The molecule has 1 aromatic heterocycles. The topological polar surface area (TPSA) is 28.2 Å². The Labute approximate surface area is 109 Å². The van der Waals surface area contributed by atoms with E-state index in [1.54, 1.807) is 11.3 Å². The Kier molecular flexibility index (Phi) is 6.70. The number of thiazole rings is 1. The van der Waals surface area contributed by atoms with Gasteiger partial charge in [-0.05, 0) is 26.4 Å². The normalized spacial score (nSPS) is 15.1. The van der Waals surface area contributed by atoms with Gasteiger partial charge in [0.1, 0.15) is 0 Å². The van der Waals surface area contributed by atoms with Gasteiger partial charge in [0.05, 0.1) is 11.7 Å². The summed E-state index contributed by atoms with van der Waals surface area (Å²) in [5, 5.41) is 3.71. The monoisotopic (exact) mass is 255 g/mol. The van der Waals surface area contributed by atoms with Crippen LogP contribution >= 0.6 is 11.3 Å². The van der Waals surface area contributed by atoms with Crippen LogP contribution in [-0.2, 0) is 6.42 Å². The van der Waals surface area contributed by atoms with Crippen molar-refractivity contribution >= 4 is 11.3 Å². The Morgan fingerprint density at radius 1 is 1.35 bits per heavy atom. The van der Waals surface area contributed by atoms with Crippen molar-refractivity contribution in [2.75, 3.05) is 13.1 Å². The molecule has 0 bridgehead atoms. The Morgan fingerprint density at radius 2 is 2.06 bits per heavy atom. The van der Waals surface area contributed by atoms with Crippen LogP contribution in [0.4, 0.5) is 0 Å². The van der Waals surface area contributed by atoms with E-state index in [-0.39, 0.29) is 0 Å². The van der Waals surface area contributed by atoms with Gasteiger partial charge in [0, 0.05) is 23.5 Å². The first-order chi connectivity index (χ1) is 8.21. The molecule has 0 aromatic carbocycles. The second-order valence-electron chi connectivity index (χ2n) is 4.38. The summed E-state index contributed by atoms with van der Waals surface area (Å²) in [6.45, 7) is 11.1. The summed E-state index contributed by atoms with van der Waals surface area (Å²) in [5.41, 5.74) is 1.91. The minimum atomic E-state index is 0.431. The molecule has 0 aliphatic rings. The molecule has 0 aliphatic heterocycles. The van der Waals surface area contributed by atoms with Crippen molar-refractivity contribution in [3.63, 3.8) is 0 Å². The molecular weight excluding hydrogens is 230 g/mol. The average Bonchev–Trinajstić information content (AvgIpc) is 2.83. The Morgan fingerprint density at radius 3 is 2.53 bits per heavy atom. The van der Waals surface area contributed by atoms with Crippen LogP contribution in [0.1, 0.15) is 39.0 Å². The maximum absolute atomic E-state index is 4.16. The van der Waals surface area contributed by atoms with E-state index in [2.05, 4.69) is 42.9 Å². The van der Waals surface area contributed by atoms with E-state index >= 15 is 0 Å². The van der Waals surface area contributed by atoms with Gasteiger partial charge in [-0.1, -0.05) is 20.8 Å². The van der Waals surface area contributed by atoms with Gasteiger partial charge in [-0.3, -0.25) is 15.2 Å². The summed E-state index contributed by atoms with van der Waals surface area (Å²) >= 11 is 1.75. The van der Waals surface area contributed by atoms with Crippen LogP contribution in [0, 0.1) is 0 Å². The molecule has 17 heavy (non-hydrogen) atoms. The van der Waals surface area contributed by atoms with E-state index in [0.29, 0.717) is 12.2 Å². The van der Waals surface area contributed by atoms with Gasteiger partial charge >= 0.3 is 0 Å². The summed E-state index contributed by atoms with van der Waals surface area (Å²) in [5.74, 6) is 0. The largest absolute Gasteiger partial charge is 0.299 e. The highest BCUT2D eigenvalue weighted by atomic mass is 32.1. The van der Waals surface area contributed by atoms with Gasteiger partial charge in [0.15, 0.2) is 0 Å². The first kappa shape index (κ1) is 14.6. The van der Waals surface area contributed by atoms with Gasteiger partial charge in [0.2, 0.25) is 0 Å². The van der Waals surface area contributed by atoms with E-state index in [1.165, 1.54) is 11.3 Å². The Balaban J connectivity index is 2.63. The third-order valence-electron chi connectivity index (χ3n) is 3.22. The van der Waals surface area contributed by atoms with Crippen LogP contribution in [0.2, 0.25) is 0 Å². The third-order valence-corrected chi connectivity index (χ3v) is 4.02. The zero-order valence-electron chi connectivity index (χ0n) is 11.4. The van der Waals surface area contributed by atoms with Gasteiger partial charge in [-0.15, -0.1) is 11.3 Å². The van der Waals surface area contributed by atoms with E-state index in [9.17, 15) is 0 Å². The van der Waals surface area contributed by atoms with Crippen molar-refractivity contribution in [2.45, 2.75) is 52.7 Å². The highest BCUT2D eigenvalue weighted by Gasteiger charge is 2.18. The molecule has 0 fully saturated rings. The van der Waals surface area contributed by atoms with E-state index in [4.69, 9.17) is 0 Å². The van der Waals surface area contributed by atoms with Crippen molar-refractivity contribution in [3.05, 3.63) is 16.6 Å². The van der Waals surface area contributed by atoms with Crippen molar-refractivity contribution in [1.29, 1.82) is 0 Å². The molecule has 1 heterocycles. The van der Waals surface area contributed by atoms with Gasteiger partial charge in [0.25, 0.3) is 0 Å². The van der Waals surface area contributed by atoms with Gasteiger partial charge in [-0.2, -0.15) is 0 Å². The van der Waals surface area contributed by atoms with Gasteiger partial charge in [-0.25, -0.2) is 0 Å². The van der Waals surface area contributed by atoms with Crippen LogP contribution in [0.3, 0.4) is 0 Å². The average molecular weight is 255 g/mol. The summed E-state index contributed by atoms with van der Waals surface area (Å²) in [6.07, 6.45) is 4.64. The molecule has 1 N–H and O–H groups in total. The predicted octanol–water partition coefficient (Wildman–Crippen LogP) is 2.74. The quantitative estimate of drug-likeness (QED) is 0.724. The van der Waals surface area contributed by atoms with Gasteiger partial charge < -0.3 is 0 Å². The second kappa shape index (κ2) is 7.80. The van der Waals surface area contributed by atoms with Crippen LogP contribution in [0.15, 0.2) is 11.7 Å². The molecule has 1 rings (SSSR count). The lowest BCUT2D eigenvalue weighted by atomic mass is 10.2. The minimum Gasteiger partial charge on any atom is -0.299 e. The molecule has 0 saturated carbocycles. The number of hydrogen-bond acceptors (Lipinski definition) is 4. The number of nitrogens with zero attached hydrogens (tertiary/aromatic N) is 2. The molecule has 2 unspecified atom stereocenters. The summed E-state index contributed by atoms with van der Waals surface area (Å²) in [4.78, 5) is 7.99. The molecule has 0 amide bonds. The summed E-state index contributed by atoms with van der Waals surface area (Å²) < 4.78 is 0. The van der Waals surface area contributed by atoms with Crippen LogP contribution < -0.4 is 5.32 Å². The number of hydrogen-bond donors (Lipinski definition) is 1. The summed E-state index contributed by atoms with van der Waals surface area (Å²) in [7, 11) is 0. The maximum Gasteiger partial charge on any atom is 0.0794 e. The van der Waals surface area contributed by atoms with Crippen LogP contribution in [-0.4, -0.2) is 35.2 Å². The molecule has 4 heteroatoms. The first-order valence-electron chi connectivity index (χ1n) is 6.58. The molecule has 0 radical (unpaired) electrons. The SMILES string of the molecule is CCC(C)NC(Cc1cncs1)N(CC)CC. The van der Waals surface area contributed by atoms with Crippen molar-refractivity contribution in [2.24, 2.45) is 0 Å². The van der Waals surface area contributed by atoms with Crippen LogP contribution in [0.5, 0.6) is 0 Å². The maximum atomic E-state index is 4.16. The number of aromatic nitrogens is 1. The zero-order chi connectivity index (χ0) is 12.7.